The minimum atomic E-state index is -0.0153. The van der Waals surface area contributed by atoms with Crippen molar-refractivity contribution in [1.29, 1.82) is 0 Å². The summed E-state index contributed by atoms with van der Waals surface area (Å²) in [7, 11) is 0. The molecule has 2 fully saturated rings. The van der Waals surface area contributed by atoms with Crippen LogP contribution in [0.15, 0.2) is 24.3 Å². The number of nitrogens with one attached hydrogen (secondary N) is 1. The molecule has 1 N–H and O–H groups in total. The molecule has 1 aromatic carbocycles. The SMILES string of the molecule is O=C(NCCC1COc2ccccc2O1)N1CC2(CCOCC2)C1. The topological polar surface area (TPSA) is 60.0 Å². The van der Waals surface area contributed by atoms with E-state index >= 15 is 0 Å². The summed E-state index contributed by atoms with van der Waals surface area (Å²) in [6.45, 7) is 4.50. The van der Waals surface area contributed by atoms with Crippen LogP contribution < -0.4 is 14.8 Å². The van der Waals surface area contributed by atoms with Gasteiger partial charge in [-0.15, -0.1) is 0 Å². The monoisotopic (exact) mass is 332 g/mol. The number of para-hydroxylation sites is 2. The zero-order chi connectivity index (χ0) is 16.4. The molecule has 2 amide bonds. The van der Waals surface area contributed by atoms with E-state index in [4.69, 9.17) is 14.2 Å². The van der Waals surface area contributed by atoms with Gasteiger partial charge in [-0.3, -0.25) is 0 Å². The number of benzene rings is 1. The highest BCUT2D eigenvalue weighted by Crippen LogP contribution is 2.39. The lowest BCUT2D eigenvalue weighted by molar-refractivity contribution is -0.0616. The van der Waals surface area contributed by atoms with E-state index in [1.165, 1.54) is 0 Å². The molecule has 24 heavy (non-hydrogen) atoms. The van der Waals surface area contributed by atoms with E-state index in [0.29, 0.717) is 18.6 Å². The Bertz CT molecular complexity index is 592. The highest BCUT2D eigenvalue weighted by molar-refractivity contribution is 5.75. The summed E-state index contributed by atoms with van der Waals surface area (Å²) in [5.41, 5.74) is 0.319. The molecule has 0 aliphatic carbocycles. The molecule has 2 saturated heterocycles. The van der Waals surface area contributed by atoms with Crippen LogP contribution in [-0.4, -0.2) is 56.5 Å². The molecule has 130 valence electrons. The normalized spacial score (nSPS) is 24.3. The maximum Gasteiger partial charge on any atom is 0.317 e. The second-order valence-electron chi connectivity index (χ2n) is 6.99. The van der Waals surface area contributed by atoms with Gasteiger partial charge in [-0.1, -0.05) is 12.1 Å². The van der Waals surface area contributed by atoms with Crippen molar-refractivity contribution in [3.05, 3.63) is 24.3 Å². The van der Waals surface area contributed by atoms with Crippen LogP contribution in [0.1, 0.15) is 19.3 Å². The first kappa shape index (κ1) is 15.6. The molecule has 4 rings (SSSR count). The van der Waals surface area contributed by atoms with Crippen LogP contribution >= 0.6 is 0 Å². The molecule has 1 aromatic rings. The molecule has 1 unspecified atom stereocenters. The molecular formula is C18H24N2O4. The Morgan fingerprint density at radius 3 is 2.75 bits per heavy atom. The van der Waals surface area contributed by atoms with Crippen molar-refractivity contribution in [2.24, 2.45) is 5.41 Å². The first-order valence-electron chi connectivity index (χ1n) is 8.73. The quantitative estimate of drug-likeness (QED) is 0.920. The number of amides is 2. The average molecular weight is 332 g/mol. The molecule has 3 aliphatic heterocycles. The van der Waals surface area contributed by atoms with E-state index in [-0.39, 0.29) is 12.1 Å². The lowest BCUT2D eigenvalue weighted by atomic mass is 9.73. The van der Waals surface area contributed by atoms with Crippen molar-refractivity contribution in [1.82, 2.24) is 10.2 Å². The fourth-order valence-electron chi connectivity index (χ4n) is 3.68. The first-order valence-corrected chi connectivity index (χ1v) is 8.73. The lowest BCUT2D eigenvalue weighted by Gasteiger charge is -2.51. The second kappa shape index (κ2) is 6.51. The summed E-state index contributed by atoms with van der Waals surface area (Å²) >= 11 is 0. The molecule has 6 heteroatoms. The number of carbonyl (C=O) groups excluding carboxylic acids is 1. The van der Waals surface area contributed by atoms with E-state index in [0.717, 1.165) is 57.1 Å². The molecule has 0 bridgehead atoms. The lowest BCUT2D eigenvalue weighted by Crippen LogP contribution is -2.62. The van der Waals surface area contributed by atoms with Gasteiger partial charge in [0, 0.05) is 44.7 Å². The number of ether oxygens (including phenoxy) is 3. The third-order valence-electron chi connectivity index (χ3n) is 5.20. The first-order chi connectivity index (χ1) is 11.7. The van der Waals surface area contributed by atoms with Gasteiger partial charge in [0.1, 0.15) is 12.7 Å². The van der Waals surface area contributed by atoms with Gasteiger partial charge in [0.05, 0.1) is 0 Å². The minimum absolute atomic E-state index is 0.0153. The molecule has 1 spiro atoms. The van der Waals surface area contributed by atoms with Gasteiger partial charge in [0.25, 0.3) is 0 Å². The molecule has 1 atom stereocenters. The Hall–Kier alpha value is -1.95. The Labute approximate surface area is 142 Å². The van der Waals surface area contributed by atoms with Crippen LogP contribution in [0, 0.1) is 5.41 Å². The number of hydrogen-bond donors (Lipinski definition) is 1. The van der Waals surface area contributed by atoms with Gasteiger partial charge in [0.2, 0.25) is 0 Å². The number of rotatable bonds is 3. The van der Waals surface area contributed by atoms with Crippen LogP contribution in [0.5, 0.6) is 11.5 Å². The number of likely N-dealkylation sites (tertiary alicyclic amines) is 1. The maximum absolute atomic E-state index is 12.2. The largest absolute Gasteiger partial charge is 0.486 e. The molecular weight excluding hydrogens is 308 g/mol. The van der Waals surface area contributed by atoms with Crippen LogP contribution in [0.2, 0.25) is 0 Å². The van der Waals surface area contributed by atoms with E-state index in [1.807, 2.05) is 29.2 Å². The molecule has 3 aliphatic rings. The molecule has 3 heterocycles. The van der Waals surface area contributed by atoms with Crippen LogP contribution in [-0.2, 0) is 4.74 Å². The number of urea groups is 1. The van der Waals surface area contributed by atoms with Crippen LogP contribution in [0.4, 0.5) is 4.79 Å². The van der Waals surface area contributed by atoms with E-state index in [2.05, 4.69) is 5.32 Å². The number of carbonyl (C=O) groups is 1. The highest BCUT2D eigenvalue weighted by atomic mass is 16.6. The fraction of sp³-hybridized carbons (Fsp3) is 0.611. The van der Waals surface area contributed by atoms with Gasteiger partial charge < -0.3 is 24.4 Å². The molecule has 0 saturated carbocycles. The maximum atomic E-state index is 12.2. The average Bonchev–Trinajstić information content (AvgIpc) is 2.60. The van der Waals surface area contributed by atoms with Crippen molar-refractivity contribution >= 4 is 6.03 Å². The predicted octanol–water partition coefficient (Wildman–Crippen LogP) is 2.04. The van der Waals surface area contributed by atoms with Crippen molar-refractivity contribution in [3.8, 4) is 11.5 Å². The standard InChI is InChI=1S/C18H24N2O4/c21-17(20-12-18(13-20)6-9-22-10-7-18)19-8-5-14-11-23-15-3-1-2-4-16(15)24-14/h1-4,14H,5-13H2,(H,19,21). The number of fused-ring (bicyclic) bond motifs is 1. The van der Waals surface area contributed by atoms with E-state index < -0.39 is 0 Å². The zero-order valence-corrected chi connectivity index (χ0v) is 13.8. The predicted molar refractivity (Wildman–Crippen MR) is 88.4 cm³/mol. The second-order valence-corrected chi connectivity index (χ2v) is 6.99. The fourth-order valence-corrected chi connectivity index (χ4v) is 3.68. The van der Waals surface area contributed by atoms with Crippen LogP contribution in [0.3, 0.4) is 0 Å². The summed E-state index contributed by atoms with van der Waals surface area (Å²) < 4.78 is 17.0. The summed E-state index contributed by atoms with van der Waals surface area (Å²) in [5, 5.41) is 3.00. The van der Waals surface area contributed by atoms with Gasteiger partial charge >= 0.3 is 6.03 Å². The summed E-state index contributed by atoms with van der Waals surface area (Å²) in [4.78, 5) is 14.1. The highest BCUT2D eigenvalue weighted by Gasteiger charge is 2.45. The summed E-state index contributed by atoms with van der Waals surface area (Å²) in [6.07, 6.45) is 2.87. The zero-order valence-electron chi connectivity index (χ0n) is 13.8. The molecule has 0 aromatic heterocycles. The number of nitrogens with zero attached hydrogens (tertiary/aromatic N) is 1. The smallest absolute Gasteiger partial charge is 0.317 e. The van der Waals surface area contributed by atoms with Crippen molar-refractivity contribution in [2.75, 3.05) is 39.5 Å². The summed E-state index contributed by atoms with van der Waals surface area (Å²) in [5.74, 6) is 1.57. The summed E-state index contributed by atoms with van der Waals surface area (Å²) in [6, 6.07) is 7.71. The van der Waals surface area contributed by atoms with Crippen molar-refractivity contribution < 1.29 is 19.0 Å². The Balaban J connectivity index is 1.18. The third-order valence-corrected chi connectivity index (χ3v) is 5.20. The van der Waals surface area contributed by atoms with Gasteiger partial charge in [-0.2, -0.15) is 0 Å². The van der Waals surface area contributed by atoms with Crippen molar-refractivity contribution in [2.45, 2.75) is 25.4 Å². The minimum Gasteiger partial charge on any atom is -0.486 e. The van der Waals surface area contributed by atoms with Gasteiger partial charge in [-0.05, 0) is 25.0 Å². The van der Waals surface area contributed by atoms with E-state index in [1.54, 1.807) is 0 Å². The van der Waals surface area contributed by atoms with Crippen molar-refractivity contribution in [3.63, 3.8) is 0 Å². The Morgan fingerprint density at radius 2 is 1.96 bits per heavy atom. The van der Waals surface area contributed by atoms with Gasteiger partial charge in [-0.25, -0.2) is 4.79 Å². The number of hydrogen-bond acceptors (Lipinski definition) is 4. The Morgan fingerprint density at radius 1 is 1.21 bits per heavy atom. The van der Waals surface area contributed by atoms with Crippen LogP contribution in [0.25, 0.3) is 0 Å². The molecule has 6 nitrogen and oxygen atoms in total. The third kappa shape index (κ3) is 3.15. The molecule has 0 radical (unpaired) electrons. The van der Waals surface area contributed by atoms with E-state index in [9.17, 15) is 4.79 Å². The van der Waals surface area contributed by atoms with Gasteiger partial charge in [0.15, 0.2) is 11.5 Å². The Kier molecular flexibility index (Phi) is 4.22.